The molecule has 0 heterocycles. The van der Waals surface area contributed by atoms with Crippen LogP contribution in [0.4, 0.5) is 0 Å². The normalized spacial score (nSPS) is 12.8. The van der Waals surface area contributed by atoms with E-state index < -0.39 is 24.1 Å². The lowest BCUT2D eigenvalue weighted by molar-refractivity contribution is -0.147. The number of carbonyl (C=O) groups is 2. The largest absolute Gasteiger partial charge is 0.478 e. The van der Waals surface area contributed by atoms with Crippen molar-refractivity contribution in [2.45, 2.75) is 18.6 Å². The Kier molecular flexibility index (Phi) is 6.29. The zero-order valence-electron chi connectivity index (χ0n) is 17.2. The number of fused-ring (bicyclic) bond motifs is 1. The van der Waals surface area contributed by atoms with Crippen molar-refractivity contribution in [2.24, 2.45) is 0 Å². The van der Waals surface area contributed by atoms with E-state index in [0.717, 1.165) is 21.9 Å². The summed E-state index contributed by atoms with van der Waals surface area (Å²) in [5, 5.41) is 22.1. The molecule has 160 valence electrons. The number of ether oxygens (including phenoxy) is 1. The zero-order valence-corrected chi connectivity index (χ0v) is 17.2. The summed E-state index contributed by atoms with van der Waals surface area (Å²) >= 11 is 0. The van der Waals surface area contributed by atoms with E-state index in [-0.39, 0.29) is 12.0 Å². The summed E-state index contributed by atoms with van der Waals surface area (Å²) in [5.74, 6) is -1.93. The first kappa shape index (κ1) is 21.3. The number of aliphatic carboxylic acids is 1. The number of benzene rings is 4. The molecule has 4 aromatic carbocycles. The van der Waals surface area contributed by atoms with Gasteiger partial charge < -0.3 is 14.9 Å². The van der Waals surface area contributed by atoms with Crippen LogP contribution in [0.25, 0.3) is 10.8 Å². The number of esters is 1. The highest BCUT2D eigenvalue weighted by atomic mass is 16.6. The van der Waals surface area contributed by atoms with Gasteiger partial charge in [-0.15, -0.1) is 0 Å². The first-order chi connectivity index (χ1) is 15.5. The van der Waals surface area contributed by atoms with E-state index in [9.17, 15) is 19.8 Å². The summed E-state index contributed by atoms with van der Waals surface area (Å²) in [6.07, 6.45) is -2.06. The van der Waals surface area contributed by atoms with Crippen molar-refractivity contribution < 1.29 is 24.5 Å². The Morgan fingerprint density at radius 2 is 1.38 bits per heavy atom. The van der Waals surface area contributed by atoms with Gasteiger partial charge in [-0.3, -0.25) is 0 Å². The lowest BCUT2D eigenvalue weighted by Crippen LogP contribution is -2.29. The van der Waals surface area contributed by atoms with Gasteiger partial charge in [0.15, 0.2) is 0 Å². The van der Waals surface area contributed by atoms with Crippen LogP contribution in [0.5, 0.6) is 0 Å². The van der Waals surface area contributed by atoms with Gasteiger partial charge in [-0.25, -0.2) is 9.59 Å². The molecule has 32 heavy (non-hydrogen) atoms. The minimum Gasteiger partial charge on any atom is -0.478 e. The van der Waals surface area contributed by atoms with Gasteiger partial charge >= 0.3 is 11.9 Å². The van der Waals surface area contributed by atoms with Crippen molar-refractivity contribution in [1.29, 1.82) is 0 Å². The highest BCUT2D eigenvalue weighted by Gasteiger charge is 2.24. The Morgan fingerprint density at radius 1 is 0.750 bits per heavy atom. The van der Waals surface area contributed by atoms with Gasteiger partial charge in [-0.2, -0.15) is 0 Å². The molecule has 0 aliphatic carbocycles. The van der Waals surface area contributed by atoms with E-state index in [2.05, 4.69) is 0 Å². The van der Waals surface area contributed by atoms with Crippen LogP contribution in [0.1, 0.15) is 33.2 Å². The summed E-state index contributed by atoms with van der Waals surface area (Å²) in [4.78, 5) is 24.3. The Hall–Kier alpha value is -3.96. The summed E-state index contributed by atoms with van der Waals surface area (Å²) in [5.41, 5.74) is 2.35. The van der Waals surface area contributed by atoms with Crippen LogP contribution in [-0.2, 0) is 16.0 Å². The highest BCUT2D eigenvalue weighted by molar-refractivity contribution is 5.91. The topological polar surface area (TPSA) is 83.8 Å². The van der Waals surface area contributed by atoms with E-state index in [0.29, 0.717) is 5.56 Å². The second-order valence-electron chi connectivity index (χ2n) is 7.55. The second kappa shape index (κ2) is 9.45. The number of aliphatic hydroxyl groups excluding tert-OH is 1. The predicted molar refractivity (Wildman–Crippen MR) is 121 cm³/mol. The summed E-state index contributed by atoms with van der Waals surface area (Å²) in [7, 11) is 0. The van der Waals surface area contributed by atoms with Gasteiger partial charge in [0.2, 0.25) is 6.10 Å². The van der Waals surface area contributed by atoms with Crippen LogP contribution in [0.2, 0.25) is 0 Å². The third-order valence-electron chi connectivity index (χ3n) is 5.34. The Balaban J connectivity index is 1.46. The quantitative estimate of drug-likeness (QED) is 0.416. The maximum atomic E-state index is 12.6. The van der Waals surface area contributed by atoms with Crippen molar-refractivity contribution in [3.05, 3.63) is 119 Å². The van der Waals surface area contributed by atoms with E-state index in [1.165, 1.54) is 12.1 Å². The average Bonchev–Trinajstić information content (AvgIpc) is 2.83. The number of hydrogen-bond donors (Lipinski definition) is 2. The van der Waals surface area contributed by atoms with Gasteiger partial charge in [0, 0.05) is 6.42 Å². The fourth-order valence-corrected chi connectivity index (χ4v) is 3.59. The maximum Gasteiger partial charge on any atom is 0.345 e. The molecule has 4 rings (SSSR count). The second-order valence-corrected chi connectivity index (χ2v) is 7.55. The number of rotatable bonds is 7. The van der Waals surface area contributed by atoms with Gasteiger partial charge in [0.25, 0.3) is 0 Å². The Bertz CT molecular complexity index is 1230. The molecule has 1 unspecified atom stereocenters. The molecule has 0 saturated carbocycles. The lowest BCUT2D eigenvalue weighted by Gasteiger charge is -2.15. The molecule has 5 heteroatoms. The maximum absolute atomic E-state index is 12.6. The smallest absolute Gasteiger partial charge is 0.345 e. The average molecular weight is 426 g/mol. The minimum absolute atomic E-state index is 0.0662. The van der Waals surface area contributed by atoms with Gasteiger partial charge in [-0.1, -0.05) is 84.9 Å². The molecule has 0 radical (unpaired) electrons. The molecule has 2 N–H and O–H groups in total. The van der Waals surface area contributed by atoms with Crippen LogP contribution in [0.15, 0.2) is 97.1 Å². The van der Waals surface area contributed by atoms with Gasteiger partial charge in [0.05, 0.1) is 5.56 Å². The third kappa shape index (κ3) is 4.85. The molecule has 0 aromatic heterocycles. The van der Waals surface area contributed by atoms with E-state index in [4.69, 9.17) is 4.74 Å². The van der Waals surface area contributed by atoms with Crippen molar-refractivity contribution >= 4 is 22.7 Å². The Labute approximate surface area is 185 Å². The first-order valence-corrected chi connectivity index (χ1v) is 10.3. The van der Waals surface area contributed by atoms with E-state index in [1.54, 1.807) is 12.1 Å². The molecule has 0 aliphatic heterocycles. The Morgan fingerprint density at radius 3 is 2.06 bits per heavy atom. The monoisotopic (exact) mass is 426 g/mol. The molecule has 4 aromatic rings. The van der Waals surface area contributed by atoms with Crippen LogP contribution < -0.4 is 0 Å². The number of hydrogen-bond acceptors (Lipinski definition) is 4. The third-order valence-corrected chi connectivity index (χ3v) is 5.34. The lowest BCUT2D eigenvalue weighted by atomic mass is 10.0. The molecule has 0 fully saturated rings. The molecule has 2 atom stereocenters. The fraction of sp³-hybridized carbons (Fsp3) is 0.111. The van der Waals surface area contributed by atoms with Crippen LogP contribution >= 0.6 is 0 Å². The molecule has 0 aliphatic rings. The predicted octanol–water partition coefficient (Wildman–Crippen LogP) is 4.77. The molecular formula is C27H22O5. The standard InChI is InChI=1S/C27H22O5/c28-25(20-7-2-1-3-8-20)21-12-14-22(15-13-21)27(31)32-24(26(29)30)17-18-10-11-19-6-4-5-9-23(19)16-18/h1-16,24-25,28H,17H2,(H,29,30)/t24-,25?/m1/s1. The molecule has 0 saturated heterocycles. The van der Waals surface area contributed by atoms with Crippen LogP contribution in [0.3, 0.4) is 0 Å². The van der Waals surface area contributed by atoms with Gasteiger partial charge in [0.1, 0.15) is 6.10 Å². The van der Waals surface area contributed by atoms with Crippen molar-refractivity contribution in [2.75, 3.05) is 0 Å². The van der Waals surface area contributed by atoms with Gasteiger partial charge in [-0.05, 0) is 39.6 Å². The summed E-state index contributed by atoms with van der Waals surface area (Å²) in [6, 6.07) is 28.9. The molecule has 5 nitrogen and oxygen atoms in total. The summed E-state index contributed by atoms with van der Waals surface area (Å²) < 4.78 is 5.30. The highest BCUT2D eigenvalue weighted by Crippen LogP contribution is 2.23. The molecule has 0 bridgehead atoms. The van der Waals surface area contributed by atoms with Crippen LogP contribution in [0, 0.1) is 0 Å². The number of carboxylic acid groups (broad SMARTS) is 1. The first-order valence-electron chi connectivity index (χ1n) is 10.3. The SMILES string of the molecule is O=C(O[C@H](Cc1ccc2ccccc2c1)C(=O)O)c1ccc(C(O)c2ccccc2)cc1. The molecule has 0 spiro atoms. The molecule has 0 amide bonds. The number of aliphatic hydroxyl groups is 1. The van der Waals surface area contributed by atoms with E-state index >= 15 is 0 Å². The molecular weight excluding hydrogens is 404 g/mol. The van der Waals surface area contributed by atoms with Crippen molar-refractivity contribution in [3.8, 4) is 0 Å². The number of carboxylic acids is 1. The van der Waals surface area contributed by atoms with Crippen molar-refractivity contribution in [3.63, 3.8) is 0 Å². The number of carbonyl (C=O) groups excluding carboxylic acids is 1. The van der Waals surface area contributed by atoms with Crippen LogP contribution in [-0.4, -0.2) is 28.3 Å². The van der Waals surface area contributed by atoms with Crippen molar-refractivity contribution in [1.82, 2.24) is 0 Å². The zero-order chi connectivity index (χ0) is 22.5. The fourth-order valence-electron chi connectivity index (χ4n) is 3.59. The summed E-state index contributed by atoms with van der Waals surface area (Å²) in [6.45, 7) is 0. The minimum atomic E-state index is -1.31. The van der Waals surface area contributed by atoms with E-state index in [1.807, 2.05) is 72.8 Å².